The average molecular weight is 226 g/mol. The van der Waals surface area contributed by atoms with Crippen LogP contribution >= 0.6 is 11.5 Å². The number of carbonyl (C=O) groups excluding carboxylic acids is 3. The fourth-order valence-electron chi connectivity index (χ4n) is 1.20. The average Bonchev–Trinajstić information content (AvgIpc) is 2.67. The third-order valence-corrected chi connectivity index (χ3v) is 2.32. The predicted molar refractivity (Wildman–Crippen MR) is 49.0 cm³/mol. The summed E-state index contributed by atoms with van der Waals surface area (Å²) in [7, 11) is 0. The highest BCUT2D eigenvalue weighted by molar-refractivity contribution is 7.03. The lowest BCUT2D eigenvalue weighted by Gasteiger charge is -2.24. The molecule has 0 radical (unpaired) electrons. The first-order valence-corrected chi connectivity index (χ1v) is 4.89. The van der Waals surface area contributed by atoms with E-state index in [-0.39, 0.29) is 18.8 Å². The molecule has 3 amide bonds. The molecule has 1 saturated heterocycles. The summed E-state index contributed by atoms with van der Waals surface area (Å²) in [5, 5.41) is 7.15. The largest absolute Gasteiger partial charge is 0.319 e. The van der Waals surface area contributed by atoms with Gasteiger partial charge in [0.25, 0.3) is 5.91 Å². The Morgan fingerprint density at radius 3 is 2.60 bits per heavy atom. The van der Waals surface area contributed by atoms with Crippen LogP contribution in [0.5, 0.6) is 0 Å². The third-order valence-electron chi connectivity index (χ3n) is 1.81. The molecule has 2 rings (SSSR count). The quantitative estimate of drug-likeness (QED) is 0.597. The highest BCUT2D eigenvalue weighted by Crippen LogP contribution is 2.04. The molecule has 0 unspecified atom stereocenters. The van der Waals surface area contributed by atoms with E-state index in [4.69, 9.17) is 0 Å². The number of nitrogens with one attached hydrogen (secondary N) is 1. The van der Waals surface area contributed by atoms with E-state index in [1.807, 2.05) is 0 Å². The maximum absolute atomic E-state index is 11.6. The van der Waals surface area contributed by atoms with Crippen molar-refractivity contribution < 1.29 is 14.4 Å². The minimum Gasteiger partial charge on any atom is -0.319 e. The van der Waals surface area contributed by atoms with E-state index in [2.05, 4.69) is 14.9 Å². The van der Waals surface area contributed by atoms with Gasteiger partial charge in [-0.05, 0) is 11.5 Å². The standard InChI is InChI=1S/C7H6N4O3S/c12-5-1-11(2-6(13)8-5)7(14)4-3-15-10-9-4/h3H,1-2H2,(H,8,12,13). The summed E-state index contributed by atoms with van der Waals surface area (Å²) in [6.45, 7) is -0.246. The van der Waals surface area contributed by atoms with Crippen LogP contribution in [0.25, 0.3) is 0 Å². The van der Waals surface area contributed by atoms with E-state index in [0.29, 0.717) is 0 Å². The number of amides is 3. The van der Waals surface area contributed by atoms with Crippen molar-refractivity contribution >= 4 is 29.3 Å². The van der Waals surface area contributed by atoms with Crippen LogP contribution in [-0.2, 0) is 9.59 Å². The van der Waals surface area contributed by atoms with Gasteiger partial charge < -0.3 is 4.90 Å². The van der Waals surface area contributed by atoms with Crippen LogP contribution in [0.3, 0.4) is 0 Å². The monoisotopic (exact) mass is 226 g/mol. The highest BCUT2D eigenvalue weighted by Gasteiger charge is 2.28. The molecule has 1 aliphatic heterocycles. The zero-order chi connectivity index (χ0) is 10.8. The SMILES string of the molecule is O=C1CN(C(=O)c2csnn2)CC(=O)N1. The van der Waals surface area contributed by atoms with Crippen LogP contribution in [0, 0.1) is 0 Å². The van der Waals surface area contributed by atoms with E-state index >= 15 is 0 Å². The summed E-state index contributed by atoms with van der Waals surface area (Å²) in [4.78, 5) is 34.8. The van der Waals surface area contributed by atoms with E-state index in [1.165, 1.54) is 5.38 Å². The fraction of sp³-hybridized carbons (Fsp3) is 0.286. The minimum absolute atomic E-state index is 0.123. The van der Waals surface area contributed by atoms with E-state index in [9.17, 15) is 14.4 Å². The Hall–Kier alpha value is -1.83. The van der Waals surface area contributed by atoms with Gasteiger partial charge in [-0.3, -0.25) is 19.7 Å². The number of piperazine rings is 1. The summed E-state index contributed by atoms with van der Waals surface area (Å²) in [6, 6.07) is 0. The van der Waals surface area contributed by atoms with Gasteiger partial charge in [-0.15, -0.1) is 5.10 Å². The maximum Gasteiger partial charge on any atom is 0.276 e. The van der Waals surface area contributed by atoms with E-state index in [0.717, 1.165) is 16.4 Å². The zero-order valence-electron chi connectivity index (χ0n) is 7.47. The number of hydrogen-bond donors (Lipinski definition) is 1. The van der Waals surface area contributed by atoms with Gasteiger partial charge in [-0.1, -0.05) is 4.49 Å². The van der Waals surface area contributed by atoms with Crippen molar-refractivity contribution in [3.8, 4) is 0 Å². The molecule has 8 heteroatoms. The molecular formula is C7H6N4O3S. The van der Waals surface area contributed by atoms with Crippen molar-refractivity contribution in [3.63, 3.8) is 0 Å². The molecule has 15 heavy (non-hydrogen) atoms. The molecule has 1 fully saturated rings. The van der Waals surface area contributed by atoms with Gasteiger partial charge in [0.2, 0.25) is 11.8 Å². The first-order valence-electron chi connectivity index (χ1n) is 4.06. The van der Waals surface area contributed by atoms with Gasteiger partial charge in [0.1, 0.15) is 13.1 Å². The number of imide groups is 1. The van der Waals surface area contributed by atoms with Crippen molar-refractivity contribution in [2.75, 3.05) is 13.1 Å². The van der Waals surface area contributed by atoms with Crippen molar-refractivity contribution in [2.24, 2.45) is 0 Å². The van der Waals surface area contributed by atoms with Gasteiger partial charge in [-0.25, -0.2) is 0 Å². The van der Waals surface area contributed by atoms with Crippen LogP contribution < -0.4 is 5.32 Å². The van der Waals surface area contributed by atoms with Gasteiger partial charge in [0.05, 0.1) is 0 Å². The molecule has 0 atom stereocenters. The second-order valence-corrected chi connectivity index (χ2v) is 3.53. The summed E-state index contributed by atoms with van der Waals surface area (Å²) in [5.74, 6) is -1.42. The van der Waals surface area contributed by atoms with Crippen LogP contribution in [0.1, 0.15) is 10.5 Å². The number of hydrogen-bond acceptors (Lipinski definition) is 6. The van der Waals surface area contributed by atoms with Crippen LogP contribution in [0.4, 0.5) is 0 Å². The second-order valence-electron chi connectivity index (χ2n) is 2.92. The minimum atomic E-state index is -0.484. The molecule has 78 valence electrons. The van der Waals surface area contributed by atoms with Gasteiger partial charge >= 0.3 is 0 Å². The Labute approximate surface area is 88.2 Å². The van der Waals surface area contributed by atoms with Crippen molar-refractivity contribution in [1.29, 1.82) is 0 Å². The van der Waals surface area contributed by atoms with E-state index in [1.54, 1.807) is 0 Å². The molecular weight excluding hydrogens is 220 g/mol. The molecule has 1 N–H and O–H groups in total. The molecule has 0 bridgehead atoms. The van der Waals surface area contributed by atoms with E-state index < -0.39 is 17.7 Å². The Bertz CT molecular complexity index is 400. The number of aromatic nitrogens is 2. The summed E-state index contributed by atoms with van der Waals surface area (Å²) >= 11 is 1.04. The molecule has 0 aromatic carbocycles. The summed E-state index contributed by atoms with van der Waals surface area (Å²) in [5.41, 5.74) is 0.155. The third kappa shape index (κ3) is 1.99. The summed E-state index contributed by atoms with van der Waals surface area (Å²) < 4.78 is 3.53. The molecule has 1 aliphatic rings. The Balaban J connectivity index is 2.14. The first kappa shape index (κ1) is 9.71. The predicted octanol–water partition coefficient (Wildman–Crippen LogP) is -1.36. The Morgan fingerprint density at radius 1 is 1.40 bits per heavy atom. The van der Waals surface area contributed by atoms with Crippen molar-refractivity contribution in [1.82, 2.24) is 19.8 Å². The summed E-state index contributed by atoms with van der Waals surface area (Å²) in [6.07, 6.45) is 0. The van der Waals surface area contributed by atoms with Gasteiger partial charge in [-0.2, -0.15) is 0 Å². The smallest absolute Gasteiger partial charge is 0.276 e. The molecule has 2 heterocycles. The lowest BCUT2D eigenvalue weighted by atomic mass is 10.3. The van der Waals surface area contributed by atoms with Crippen LogP contribution in [0.15, 0.2) is 5.38 Å². The molecule has 1 aromatic heterocycles. The Kier molecular flexibility index (Phi) is 2.42. The van der Waals surface area contributed by atoms with Crippen molar-refractivity contribution in [2.45, 2.75) is 0 Å². The molecule has 0 aliphatic carbocycles. The first-order chi connectivity index (χ1) is 7.16. The lowest BCUT2D eigenvalue weighted by molar-refractivity contribution is -0.135. The molecule has 1 aromatic rings. The van der Waals surface area contributed by atoms with Crippen LogP contribution in [-0.4, -0.2) is 45.3 Å². The van der Waals surface area contributed by atoms with Gasteiger partial charge in [0.15, 0.2) is 5.69 Å². The Morgan fingerprint density at radius 2 is 2.07 bits per heavy atom. The topological polar surface area (TPSA) is 92.3 Å². The maximum atomic E-state index is 11.6. The normalized spacial score (nSPS) is 16.4. The zero-order valence-corrected chi connectivity index (χ0v) is 8.28. The molecule has 0 saturated carbocycles. The highest BCUT2D eigenvalue weighted by atomic mass is 32.1. The second kappa shape index (κ2) is 3.73. The number of nitrogens with zero attached hydrogens (tertiary/aromatic N) is 3. The molecule has 7 nitrogen and oxygen atoms in total. The number of carbonyl (C=O) groups is 3. The number of rotatable bonds is 1. The van der Waals surface area contributed by atoms with Gasteiger partial charge in [0, 0.05) is 5.38 Å². The fourth-order valence-corrected chi connectivity index (χ4v) is 1.63. The molecule has 0 spiro atoms. The van der Waals surface area contributed by atoms with Crippen molar-refractivity contribution in [3.05, 3.63) is 11.1 Å². The lowest BCUT2D eigenvalue weighted by Crippen LogP contribution is -2.53. The van der Waals surface area contributed by atoms with Crippen LogP contribution in [0.2, 0.25) is 0 Å².